The standard InChI is InChI=1S/C13H8N4/c14-6-9-5-11-12(8-17-13(11)16-7-9)10-1-3-15-4-2-10/h1-5,7-8H,(H,16,17). The van der Waals surface area contributed by atoms with Gasteiger partial charge in [-0.1, -0.05) is 0 Å². The summed E-state index contributed by atoms with van der Waals surface area (Å²) < 4.78 is 0. The molecule has 80 valence electrons. The van der Waals surface area contributed by atoms with Crippen LogP contribution in [0.15, 0.2) is 43.0 Å². The Morgan fingerprint density at radius 3 is 2.82 bits per heavy atom. The van der Waals surface area contributed by atoms with Gasteiger partial charge in [-0.05, 0) is 23.8 Å². The van der Waals surface area contributed by atoms with E-state index in [0.717, 1.165) is 22.2 Å². The largest absolute Gasteiger partial charge is 0.346 e. The number of nitriles is 1. The highest BCUT2D eigenvalue weighted by molar-refractivity contribution is 5.93. The minimum atomic E-state index is 0.562. The number of rotatable bonds is 1. The van der Waals surface area contributed by atoms with Crippen LogP contribution < -0.4 is 0 Å². The maximum Gasteiger partial charge on any atom is 0.137 e. The van der Waals surface area contributed by atoms with E-state index in [0.29, 0.717) is 5.56 Å². The molecule has 0 saturated heterocycles. The maximum atomic E-state index is 8.89. The smallest absolute Gasteiger partial charge is 0.137 e. The predicted octanol–water partition coefficient (Wildman–Crippen LogP) is 2.50. The van der Waals surface area contributed by atoms with Crippen LogP contribution in [0.1, 0.15) is 5.56 Å². The Balaban J connectivity index is 2.28. The van der Waals surface area contributed by atoms with E-state index in [4.69, 9.17) is 5.26 Å². The van der Waals surface area contributed by atoms with E-state index >= 15 is 0 Å². The van der Waals surface area contributed by atoms with E-state index in [2.05, 4.69) is 21.0 Å². The second-order valence-corrected chi connectivity index (χ2v) is 3.67. The van der Waals surface area contributed by atoms with E-state index in [9.17, 15) is 0 Å². The average molecular weight is 220 g/mol. The van der Waals surface area contributed by atoms with Crippen LogP contribution in [0.3, 0.4) is 0 Å². The lowest BCUT2D eigenvalue weighted by Gasteiger charge is -1.98. The van der Waals surface area contributed by atoms with E-state index < -0.39 is 0 Å². The van der Waals surface area contributed by atoms with Gasteiger partial charge in [0.1, 0.15) is 11.7 Å². The first-order chi connectivity index (χ1) is 8.38. The number of pyridine rings is 2. The Kier molecular flexibility index (Phi) is 2.09. The number of nitrogens with one attached hydrogen (secondary N) is 1. The summed E-state index contributed by atoms with van der Waals surface area (Å²) in [4.78, 5) is 11.3. The van der Waals surface area contributed by atoms with Crippen LogP contribution in [0.25, 0.3) is 22.2 Å². The van der Waals surface area contributed by atoms with Crippen molar-refractivity contribution in [2.75, 3.05) is 0 Å². The summed E-state index contributed by atoms with van der Waals surface area (Å²) >= 11 is 0. The molecule has 0 aliphatic carbocycles. The molecule has 3 rings (SSSR count). The van der Waals surface area contributed by atoms with Crippen molar-refractivity contribution in [1.82, 2.24) is 15.0 Å². The first kappa shape index (κ1) is 9.55. The highest BCUT2D eigenvalue weighted by atomic mass is 14.8. The topological polar surface area (TPSA) is 65.4 Å². The fourth-order valence-electron chi connectivity index (χ4n) is 1.83. The number of fused-ring (bicyclic) bond motifs is 1. The van der Waals surface area contributed by atoms with E-state index in [1.165, 1.54) is 0 Å². The van der Waals surface area contributed by atoms with E-state index in [-0.39, 0.29) is 0 Å². The van der Waals surface area contributed by atoms with Crippen LogP contribution >= 0.6 is 0 Å². The van der Waals surface area contributed by atoms with Gasteiger partial charge >= 0.3 is 0 Å². The monoisotopic (exact) mass is 220 g/mol. The number of hydrogen-bond donors (Lipinski definition) is 1. The zero-order valence-corrected chi connectivity index (χ0v) is 8.88. The van der Waals surface area contributed by atoms with Gasteiger partial charge in [-0.3, -0.25) is 4.98 Å². The van der Waals surface area contributed by atoms with Gasteiger partial charge in [0, 0.05) is 35.7 Å². The van der Waals surface area contributed by atoms with Gasteiger partial charge in [-0.25, -0.2) is 4.98 Å². The Morgan fingerprint density at radius 1 is 1.24 bits per heavy atom. The summed E-state index contributed by atoms with van der Waals surface area (Å²) in [6, 6.07) is 7.81. The quantitative estimate of drug-likeness (QED) is 0.685. The zero-order chi connectivity index (χ0) is 11.7. The molecule has 0 bridgehead atoms. The molecule has 0 aliphatic rings. The molecule has 0 unspecified atom stereocenters. The van der Waals surface area contributed by atoms with Crippen LogP contribution in [0, 0.1) is 11.3 Å². The molecular weight excluding hydrogens is 212 g/mol. The summed E-state index contributed by atoms with van der Waals surface area (Å²) in [6.07, 6.45) is 6.95. The second kappa shape index (κ2) is 3.72. The summed E-state index contributed by atoms with van der Waals surface area (Å²) in [5.41, 5.74) is 3.44. The fraction of sp³-hybridized carbons (Fsp3) is 0. The lowest BCUT2D eigenvalue weighted by Crippen LogP contribution is -1.81. The van der Waals surface area contributed by atoms with Gasteiger partial charge in [-0.2, -0.15) is 5.26 Å². The summed E-state index contributed by atoms with van der Waals surface area (Å²) in [5, 5.41) is 9.84. The molecule has 0 amide bonds. The van der Waals surface area contributed by atoms with Crippen molar-refractivity contribution in [3.05, 3.63) is 48.5 Å². The molecular formula is C13H8N4. The third kappa shape index (κ3) is 1.54. The van der Waals surface area contributed by atoms with Crippen molar-refractivity contribution in [2.24, 2.45) is 0 Å². The number of H-pyrrole nitrogens is 1. The average Bonchev–Trinajstić information content (AvgIpc) is 2.82. The third-order valence-electron chi connectivity index (χ3n) is 2.65. The van der Waals surface area contributed by atoms with E-state index in [1.807, 2.05) is 24.4 Å². The molecule has 0 aromatic carbocycles. The van der Waals surface area contributed by atoms with Gasteiger partial charge < -0.3 is 4.98 Å². The Morgan fingerprint density at radius 2 is 2.06 bits per heavy atom. The van der Waals surface area contributed by atoms with Gasteiger partial charge in [0.15, 0.2) is 0 Å². The highest BCUT2D eigenvalue weighted by Crippen LogP contribution is 2.27. The number of nitrogens with zero attached hydrogens (tertiary/aromatic N) is 3. The van der Waals surface area contributed by atoms with Crippen molar-refractivity contribution in [3.8, 4) is 17.2 Å². The first-order valence-electron chi connectivity index (χ1n) is 5.16. The lowest BCUT2D eigenvalue weighted by molar-refractivity contribution is 1.31. The Bertz CT molecular complexity index is 707. The van der Waals surface area contributed by atoms with Gasteiger partial charge in [0.25, 0.3) is 0 Å². The number of aromatic nitrogens is 3. The molecule has 3 heterocycles. The van der Waals surface area contributed by atoms with Crippen LogP contribution in [-0.4, -0.2) is 15.0 Å². The van der Waals surface area contributed by atoms with Crippen LogP contribution in [0.5, 0.6) is 0 Å². The van der Waals surface area contributed by atoms with Crippen molar-refractivity contribution in [1.29, 1.82) is 5.26 Å². The molecule has 0 atom stereocenters. The SMILES string of the molecule is N#Cc1cnc2[nH]cc(-c3ccncc3)c2c1. The minimum Gasteiger partial charge on any atom is -0.346 e. The molecule has 0 fully saturated rings. The zero-order valence-electron chi connectivity index (χ0n) is 8.88. The van der Waals surface area contributed by atoms with E-state index in [1.54, 1.807) is 18.6 Å². The summed E-state index contributed by atoms with van der Waals surface area (Å²) in [7, 11) is 0. The third-order valence-corrected chi connectivity index (χ3v) is 2.65. The highest BCUT2D eigenvalue weighted by Gasteiger charge is 2.07. The number of aromatic amines is 1. The van der Waals surface area contributed by atoms with Crippen LogP contribution in [0.4, 0.5) is 0 Å². The molecule has 0 spiro atoms. The Labute approximate surface area is 97.6 Å². The van der Waals surface area contributed by atoms with Crippen LogP contribution in [-0.2, 0) is 0 Å². The normalized spacial score (nSPS) is 10.3. The Hall–Kier alpha value is -2.67. The fourth-order valence-corrected chi connectivity index (χ4v) is 1.83. The second-order valence-electron chi connectivity index (χ2n) is 3.67. The minimum absolute atomic E-state index is 0.562. The predicted molar refractivity (Wildman–Crippen MR) is 64.0 cm³/mol. The molecule has 3 aromatic heterocycles. The molecule has 0 aliphatic heterocycles. The maximum absolute atomic E-state index is 8.89. The lowest BCUT2D eigenvalue weighted by atomic mass is 10.1. The van der Waals surface area contributed by atoms with Crippen molar-refractivity contribution >= 4 is 11.0 Å². The molecule has 4 heteroatoms. The van der Waals surface area contributed by atoms with Crippen molar-refractivity contribution in [3.63, 3.8) is 0 Å². The molecule has 3 aromatic rings. The van der Waals surface area contributed by atoms with Gasteiger partial charge in [-0.15, -0.1) is 0 Å². The first-order valence-corrected chi connectivity index (χ1v) is 5.16. The van der Waals surface area contributed by atoms with Crippen LogP contribution in [0.2, 0.25) is 0 Å². The van der Waals surface area contributed by atoms with Gasteiger partial charge in [0.05, 0.1) is 5.56 Å². The molecule has 0 radical (unpaired) electrons. The van der Waals surface area contributed by atoms with Gasteiger partial charge in [0.2, 0.25) is 0 Å². The van der Waals surface area contributed by atoms with Crippen molar-refractivity contribution in [2.45, 2.75) is 0 Å². The molecule has 4 nitrogen and oxygen atoms in total. The summed E-state index contributed by atoms with van der Waals surface area (Å²) in [5.74, 6) is 0. The molecule has 1 N–H and O–H groups in total. The molecule has 17 heavy (non-hydrogen) atoms. The molecule has 0 saturated carbocycles. The summed E-state index contributed by atoms with van der Waals surface area (Å²) in [6.45, 7) is 0. The van der Waals surface area contributed by atoms with Crippen molar-refractivity contribution < 1.29 is 0 Å². The number of hydrogen-bond acceptors (Lipinski definition) is 3.